The fraction of sp³-hybridized carbons (Fsp3) is 0. The first kappa shape index (κ1) is 29.0. The van der Waals surface area contributed by atoms with Gasteiger partial charge in [0.25, 0.3) is 0 Å². The van der Waals surface area contributed by atoms with Crippen molar-refractivity contribution in [3.63, 3.8) is 0 Å². The minimum atomic E-state index is 0.638. The van der Waals surface area contributed by atoms with E-state index in [0.717, 1.165) is 76.9 Å². The van der Waals surface area contributed by atoms with Crippen LogP contribution in [0.5, 0.6) is 0 Å². The SMILES string of the molecule is c1ccc(-c2ccc3c(-c4ccc(-c5nc(-c6ccccc6)nc(-c6ccccc6)n5)c5ccccc45)cc4c5ccccc5oc4c3c2)cc1. The van der Waals surface area contributed by atoms with Gasteiger partial charge in [-0.15, -0.1) is 0 Å². The van der Waals surface area contributed by atoms with Crippen LogP contribution < -0.4 is 0 Å². The van der Waals surface area contributed by atoms with Gasteiger partial charge in [0.05, 0.1) is 0 Å². The summed E-state index contributed by atoms with van der Waals surface area (Å²) in [4.78, 5) is 15.1. The summed E-state index contributed by atoms with van der Waals surface area (Å²) in [5, 5.41) is 6.63. The molecule has 0 spiro atoms. The standard InChI is InChI=1S/C47H29N3O/c1-4-14-30(15-5-1)33-24-25-37-40(29-42-38-22-12-13-23-43(38)51-44(42)41(37)28-33)36-26-27-39(35-21-11-10-20-34(35)36)47-49-45(31-16-6-2-7-17-31)48-46(50-47)32-18-8-3-9-19-32/h1-29H. The molecule has 2 heterocycles. The lowest BCUT2D eigenvalue weighted by Crippen LogP contribution is -2.00. The topological polar surface area (TPSA) is 51.8 Å². The fourth-order valence-corrected chi connectivity index (χ4v) is 7.29. The third-order valence-corrected chi connectivity index (χ3v) is 9.74. The van der Waals surface area contributed by atoms with Crippen molar-refractivity contribution in [2.75, 3.05) is 0 Å². The van der Waals surface area contributed by atoms with Crippen molar-refractivity contribution in [3.8, 4) is 56.4 Å². The van der Waals surface area contributed by atoms with Crippen LogP contribution in [0.2, 0.25) is 0 Å². The summed E-state index contributed by atoms with van der Waals surface area (Å²) in [6.07, 6.45) is 0. The predicted octanol–water partition coefficient (Wildman–Crippen LogP) is 12.4. The average Bonchev–Trinajstić information content (AvgIpc) is 3.60. The first-order valence-corrected chi connectivity index (χ1v) is 17.1. The fourth-order valence-electron chi connectivity index (χ4n) is 7.29. The minimum Gasteiger partial charge on any atom is -0.455 e. The molecule has 4 heteroatoms. The van der Waals surface area contributed by atoms with E-state index >= 15 is 0 Å². The van der Waals surface area contributed by atoms with Gasteiger partial charge in [-0.2, -0.15) is 0 Å². The van der Waals surface area contributed by atoms with E-state index in [4.69, 9.17) is 19.4 Å². The predicted molar refractivity (Wildman–Crippen MR) is 209 cm³/mol. The maximum absolute atomic E-state index is 6.58. The van der Waals surface area contributed by atoms with Crippen LogP contribution in [0, 0.1) is 0 Å². The lowest BCUT2D eigenvalue weighted by molar-refractivity contribution is 0.672. The van der Waals surface area contributed by atoms with E-state index in [2.05, 4.69) is 103 Å². The maximum Gasteiger partial charge on any atom is 0.164 e. The Morgan fingerprint density at radius 3 is 1.45 bits per heavy atom. The van der Waals surface area contributed by atoms with Crippen LogP contribution in [-0.4, -0.2) is 15.0 Å². The third kappa shape index (κ3) is 4.96. The first-order valence-electron chi connectivity index (χ1n) is 17.1. The van der Waals surface area contributed by atoms with Crippen LogP contribution in [0.25, 0.3) is 99.9 Å². The number of hydrogen-bond acceptors (Lipinski definition) is 4. The van der Waals surface area contributed by atoms with E-state index in [1.807, 2.05) is 72.8 Å². The second-order valence-electron chi connectivity index (χ2n) is 12.8. The Morgan fingerprint density at radius 2 is 0.784 bits per heavy atom. The van der Waals surface area contributed by atoms with Gasteiger partial charge in [0.1, 0.15) is 11.2 Å². The van der Waals surface area contributed by atoms with Crippen molar-refractivity contribution >= 4 is 43.5 Å². The van der Waals surface area contributed by atoms with Crippen LogP contribution in [-0.2, 0) is 0 Å². The van der Waals surface area contributed by atoms with E-state index < -0.39 is 0 Å². The molecule has 10 rings (SSSR count). The highest BCUT2D eigenvalue weighted by Crippen LogP contribution is 2.44. The molecule has 0 saturated carbocycles. The molecule has 51 heavy (non-hydrogen) atoms. The molecule has 0 aliphatic heterocycles. The highest BCUT2D eigenvalue weighted by Gasteiger charge is 2.20. The molecule has 0 atom stereocenters. The van der Waals surface area contributed by atoms with E-state index in [0.29, 0.717) is 17.5 Å². The number of para-hydroxylation sites is 1. The van der Waals surface area contributed by atoms with Crippen molar-refractivity contribution in [2.45, 2.75) is 0 Å². The van der Waals surface area contributed by atoms with Gasteiger partial charge in [0, 0.05) is 32.8 Å². The maximum atomic E-state index is 6.58. The third-order valence-electron chi connectivity index (χ3n) is 9.74. The molecule has 238 valence electrons. The zero-order chi connectivity index (χ0) is 33.7. The highest BCUT2D eigenvalue weighted by atomic mass is 16.3. The lowest BCUT2D eigenvalue weighted by atomic mass is 9.89. The zero-order valence-corrected chi connectivity index (χ0v) is 27.5. The normalized spacial score (nSPS) is 11.5. The molecule has 0 aliphatic carbocycles. The molecular weight excluding hydrogens is 623 g/mol. The minimum absolute atomic E-state index is 0.638. The van der Waals surface area contributed by atoms with Crippen LogP contribution in [0.15, 0.2) is 180 Å². The van der Waals surface area contributed by atoms with Gasteiger partial charge < -0.3 is 4.42 Å². The Kier molecular flexibility index (Phi) is 6.78. The first-order chi connectivity index (χ1) is 25.3. The Morgan fingerprint density at radius 1 is 0.294 bits per heavy atom. The molecule has 0 radical (unpaired) electrons. The van der Waals surface area contributed by atoms with Crippen LogP contribution in [0.1, 0.15) is 0 Å². The lowest BCUT2D eigenvalue weighted by Gasteiger charge is -2.15. The molecule has 0 unspecified atom stereocenters. The van der Waals surface area contributed by atoms with E-state index in [9.17, 15) is 0 Å². The van der Waals surface area contributed by atoms with Crippen molar-refractivity contribution in [3.05, 3.63) is 176 Å². The number of furan rings is 1. The molecule has 0 saturated heterocycles. The van der Waals surface area contributed by atoms with Crippen LogP contribution in [0.3, 0.4) is 0 Å². The van der Waals surface area contributed by atoms with E-state index in [1.165, 1.54) is 5.56 Å². The van der Waals surface area contributed by atoms with Crippen LogP contribution in [0.4, 0.5) is 0 Å². The second-order valence-corrected chi connectivity index (χ2v) is 12.8. The number of hydrogen-bond donors (Lipinski definition) is 0. The zero-order valence-electron chi connectivity index (χ0n) is 27.5. The molecule has 10 aromatic rings. The summed E-state index contributed by atoms with van der Waals surface area (Å²) in [5.41, 5.74) is 9.25. The van der Waals surface area contributed by atoms with Gasteiger partial charge in [-0.05, 0) is 62.7 Å². The number of fused-ring (bicyclic) bond motifs is 6. The number of benzene rings is 8. The van der Waals surface area contributed by atoms with Gasteiger partial charge in [-0.3, -0.25) is 0 Å². The summed E-state index contributed by atoms with van der Waals surface area (Å²) < 4.78 is 6.58. The number of nitrogens with zero attached hydrogens (tertiary/aromatic N) is 3. The smallest absolute Gasteiger partial charge is 0.164 e. The molecule has 0 bridgehead atoms. The second kappa shape index (κ2) is 11.9. The summed E-state index contributed by atoms with van der Waals surface area (Å²) >= 11 is 0. The van der Waals surface area contributed by atoms with E-state index in [-0.39, 0.29) is 0 Å². The Labute approximate surface area is 294 Å². The molecule has 0 fully saturated rings. The molecule has 0 N–H and O–H groups in total. The van der Waals surface area contributed by atoms with Gasteiger partial charge in [0.2, 0.25) is 0 Å². The van der Waals surface area contributed by atoms with Gasteiger partial charge >= 0.3 is 0 Å². The Balaban J connectivity index is 1.23. The average molecular weight is 652 g/mol. The largest absolute Gasteiger partial charge is 0.455 e. The van der Waals surface area contributed by atoms with E-state index in [1.54, 1.807) is 0 Å². The summed E-state index contributed by atoms with van der Waals surface area (Å²) in [7, 11) is 0. The van der Waals surface area contributed by atoms with Gasteiger partial charge in [-0.25, -0.2) is 15.0 Å². The summed E-state index contributed by atoms with van der Waals surface area (Å²) in [5.74, 6) is 1.93. The summed E-state index contributed by atoms with van der Waals surface area (Å²) in [6.45, 7) is 0. The highest BCUT2D eigenvalue weighted by molar-refractivity contribution is 6.21. The molecule has 8 aromatic carbocycles. The Bertz CT molecular complexity index is 2840. The van der Waals surface area contributed by atoms with Gasteiger partial charge in [0.15, 0.2) is 17.5 Å². The monoisotopic (exact) mass is 651 g/mol. The summed E-state index contributed by atoms with van der Waals surface area (Å²) in [6, 6.07) is 61.0. The van der Waals surface area contributed by atoms with Crippen molar-refractivity contribution in [1.82, 2.24) is 15.0 Å². The quantitative estimate of drug-likeness (QED) is 0.186. The van der Waals surface area contributed by atoms with Crippen molar-refractivity contribution < 1.29 is 4.42 Å². The van der Waals surface area contributed by atoms with Crippen molar-refractivity contribution in [1.29, 1.82) is 0 Å². The Hall–Kier alpha value is -6.91. The van der Waals surface area contributed by atoms with Crippen LogP contribution >= 0.6 is 0 Å². The molecule has 2 aromatic heterocycles. The molecular formula is C47H29N3O. The van der Waals surface area contributed by atoms with Crippen molar-refractivity contribution in [2.24, 2.45) is 0 Å². The molecule has 0 amide bonds. The van der Waals surface area contributed by atoms with Gasteiger partial charge in [-0.1, -0.05) is 152 Å². The molecule has 4 nitrogen and oxygen atoms in total. The number of aromatic nitrogens is 3. The number of rotatable bonds is 5. The molecule has 0 aliphatic rings.